The Balaban J connectivity index is 1.45. The summed E-state index contributed by atoms with van der Waals surface area (Å²) in [5.41, 5.74) is 1.52. The van der Waals surface area contributed by atoms with E-state index < -0.39 is 0 Å². The van der Waals surface area contributed by atoms with Crippen molar-refractivity contribution in [2.24, 2.45) is 5.92 Å². The minimum atomic E-state index is -0.211. The zero-order chi connectivity index (χ0) is 17.2. The van der Waals surface area contributed by atoms with Crippen LogP contribution in [0.3, 0.4) is 0 Å². The van der Waals surface area contributed by atoms with Crippen LogP contribution in [0.5, 0.6) is 0 Å². The lowest BCUT2D eigenvalue weighted by Gasteiger charge is -2.09. The molecule has 5 nitrogen and oxygen atoms in total. The fourth-order valence-electron chi connectivity index (χ4n) is 2.90. The highest BCUT2D eigenvalue weighted by atomic mass is 16.3. The van der Waals surface area contributed by atoms with E-state index in [0.717, 1.165) is 11.4 Å². The van der Waals surface area contributed by atoms with Crippen molar-refractivity contribution in [1.29, 1.82) is 0 Å². The van der Waals surface area contributed by atoms with Crippen LogP contribution in [-0.2, 0) is 4.79 Å². The van der Waals surface area contributed by atoms with Gasteiger partial charge in [0.2, 0.25) is 5.91 Å². The molecular weight excluding hydrogens is 314 g/mol. The number of anilines is 1. The number of nitrogens with zero attached hydrogens (tertiary/aromatic N) is 2. The quantitative estimate of drug-likeness (QED) is 0.710. The van der Waals surface area contributed by atoms with E-state index in [4.69, 9.17) is 4.42 Å². The summed E-state index contributed by atoms with van der Waals surface area (Å²) in [5, 5.41) is 7.10. The molecule has 0 radical (unpaired) electrons. The van der Waals surface area contributed by atoms with E-state index in [2.05, 4.69) is 17.3 Å². The molecule has 2 atom stereocenters. The summed E-state index contributed by atoms with van der Waals surface area (Å²) in [6.07, 6.45) is 7.90. The van der Waals surface area contributed by atoms with Crippen LogP contribution in [0, 0.1) is 5.92 Å². The monoisotopic (exact) mass is 333 g/mol. The van der Waals surface area contributed by atoms with E-state index in [1.165, 1.54) is 12.5 Å². The third kappa shape index (κ3) is 3.40. The fourth-order valence-corrected chi connectivity index (χ4v) is 2.90. The van der Waals surface area contributed by atoms with Gasteiger partial charge in [-0.15, -0.1) is 0 Å². The van der Waals surface area contributed by atoms with Gasteiger partial charge in [-0.2, -0.15) is 5.10 Å². The summed E-state index contributed by atoms with van der Waals surface area (Å²) < 4.78 is 7.50. The van der Waals surface area contributed by atoms with Crippen LogP contribution in [0.4, 0.5) is 5.69 Å². The lowest BCUT2D eigenvalue weighted by molar-refractivity contribution is -0.111. The predicted octanol–water partition coefficient (Wildman–Crippen LogP) is 4.24. The van der Waals surface area contributed by atoms with Crippen molar-refractivity contribution >= 4 is 17.7 Å². The first-order chi connectivity index (χ1) is 12.2. The zero-order valence-corrected chi connectivity index (χ0v) is 13.9. The molecule has 1 amide bonds. The van der Waals surface area contributed by atoms with Crippen molar-refractivity contribution in [2.45, 2.75) is 19.3 Å². The Bertz CT molecular complexity index is 909. The first-order valence-electron chi connectivity index (χ1n) is 8.38. The molecule has 0 saturated heterocycles. The molecule has 1 aliphatic carbocycles. The summed E-state index contributed by atoms with van der Waals surface area (Å²) in [4.78, 5) is 12.2. The Kier molecular flexibility index (Phi) is 3.98. The van der Waals surface area contributed by atoms with E-state index in [1.807, 2.05) is 48.7 Å². The Morgan fingerprint density at radius 1 is 1.28 bits per heavy atom. The largest absolute Gasteiger partial charge is 0.461 e. The van der Waals surface area contributed by atoms with Gasteiger partial charge in [0, 0.05) is 24.4 Å². The molecule has 1 aromatic carbocycles. The molecule has 25 heavy (non-hydrogen) atoms. The number of carbonyl (C=O) groups excluding carboxylic acids is 1. The molecule has 0 aliphatic heterocycles. The molecule has 0 bridgehead atoms. The number of carbonyl (C=O) groups is 1. The van der Waals surface area contributed by atoms with Crippen molar-refractivity contribution < 1.29 is 9.21 Å². The van der Waals surface area contributed by atoms with Gasteiger partial charge in [-0.1, -0.05) is 19.1 Å². The van der Waals surface area contributed by atoms with Gasteiger partial charge < -0.3 is 9.73 Å². The van der Waals surface area contributed by atoms with E-state index in [0.29, 0.717) is 23.3 Å². The molecule has 126 valence electrons. The third-order valence-corrected chi connectivity index (χ3v) is 4.43. The van der Waals surface area contributed by atoms with Gasteiger partial charge in [-0.25, -0.2) is 4.68 Å². The van der Waals surface area contributed by atoms with Crippen LogP contribution < -0.4 is 5.32 Å². The molecule has 1 saturated carbocycles. The average molecular weight is 333 g/mol. The summed E-state index contributed by atoms with van der Waals surface area (Å²) >= 11 is 0. The zero-order valence-electron chi connectivity index (χ0n) is 13.9. The lowest BCUT2D eigenvalue weighted by atomic mass is 10.2. The van der Waals surface area contributed by atoms with Gasteiger partial charge in [0.15, 0.2) is 0 Å². The van der Waals surface area contributed by atoms with Crippen LogP contribution in [0.15, 0.2) is 65.4 Å². The highest BCUT2D eigenvalue weighted by Gasteiger charge is 2.36. The minimum absolute atomic E-state index is 0.211. The average Bonchev–Trinajstić information content (AvgIpc) is 3.05. The number of rotatable bonds is 5. The number of para-hydroxylation sites is 2. The van der Waals surface area contributed by atoms with Crippen molar-refractivity contribution in [1.82, 2.24) is 9.78 Å². The summed E-state index contributed by atoms with van der Waals surface area (Å²) in [5.74, 6) is 2.74. The van der Waals surface area contributed by atoms with Crippen molar-refractivity contribution in [3.8, 4) is 5.69 Å². The van der Waals surface area contributed by atoms with E-state index in [1.54, 1.807) is 17.0 Å². The first-order valence-corrected chi connectivity index (χ1v) is 8.38. The molecule has 3 aromatic rings. The molecule has 0 spiro atoms. The highest BCUT2D eigenvalue weighted by molar-refractivity contribution is 6.02. The van der Waals surface area contributed by atoms with Crippen LogP contribution in [0.25, 0.3) is 11.8 Å². The second kappa shape index (κ2) is 6.43. The minimum Gasteiger partial charge on any atom is -0.461 e. The van der Waals surface area contributed by atoms with Crippen LogP contribution >= 0.6 is 0 Å². The number of aromatic nitrogens is 2. The SMILES string of the molecule is C[C@@H]1C[C@@H]1c1ccc(/C=C\C(=O)Nc2ccccc2-n2cccn2)o1. The molecule has 5 heteroatoms. The third-order valence-electron chi connectivity index (χ3n) is 4.43. The van der Waals surface area contributed by atoms with E-state index >= 15 is 0 Å². The standard InChI is InChI=1S/C20H19N3O2/c1-14-13-16(14)19-9-7-15(25-19)8-10-20(24)22-17-5-2-3-6-18(17)23-12-4-11-21-23/h2-12,14,16H,13H2,1H3,(H,22,24)/b10-8-/t14-,16+/m1/s1. The van der Waals surface area contributed by atoms with Crippen LogP contribution in [0.1, 0.15) is 30.8 Å². The molecular formula is C20H19N3O2. The Labute approximate surface area is 146 Å². The Morgan fingerprint density at radius 2 is 2.12 bits per heavy atom. The number of furan rings is 1. The topological polar surface area (TPSA) is 60.1 Å². The number of hydrogen-bond acceptors (Lipinski definition) is 3. The van der Waals surface area contributed by atoms with Gasteiger partial charge in [0.25, 0.3) is 0 Å². The molecule has 4 rings (SSSR count). The van der Waals surface area contributed by atoms with Gasteiger partial charge in [0.1, 0.15) is 11.5 Å². The predicted molar refractivity (Wildman–Crippen MR) is 96.5 cm³/mol. The summed E-state index contributed by atoms with van der Waals surface area (Å²) in [6.45, 7) is 2.22. The summed E-state index contributed by atoms with van der Waals surface area (Å²) in [6, 6.07) is 13.3. The normalized spacial score (nSPS) is 19.2. The number of benzene rings is 1. The summed E-state index contributed by atoms with van der Waals surface area (Å²) in [7, 11) is 0. The molecule has 2 heterocycles. The van der Waals surface area contributed by atoms with Gasteiger partial charge >= 0.3 is 0 Å². The second-order valence-electron chi connectivity index (χ2n) is 6.35. The van der Waals surface area contributed by atoms with Crippen molar-refractivity contribution in [3.63, 3.8) is 0 Å². The molecule has 1 fully saturated rings. The van der Waals surface area contributed by atoms with Crippen molar-refractivity contribution in [3.05, 3.63) is 72.5 Å². The van der Waals surface area contributed by atoms with E-state index in [9.17, 15) is 4.79 Å². The van der Waals surface area contributed by atoms with Crippen LogP contribution in [-0.4, -0.2) is 15.7 Å². The number of hydrogen-bond donors (Lipinski definition) is 1. The first kappa shape index (κ1) is 15.4. The number of nitrogens with one attached hydrogen (secondary N) is 1. The van der Waals surface area contributed by atoms with Crippen molar-refractivity contribution in [2.75, 3.05) is 5.32 Å². The maximum atomic E-state index is 12.2. The molecule has 2 aromatic heterocycles. The number of amides is 1. The maximum absolute atomic E-state index is 12.2. The lowest BCUT2D eigenvalue weighted by Crippen LogP contribution is -2.10. The Hall–Kier alpha value is -3.08. The van der Waals surface area contributed by atoms with Gasteiger partial charge in [-0.05, 0) is 48.7 Å². The smallest absolute Gasteiger partial charge is 0.248 e. The second-order valence-corrected chi connectivity index (χ2v) is 6.35. The van der Waals surface area contributed by atoms with Gasteiger partial charge in [-0.3, -0.25) is 4.79 Å². The molecule has 1 N–H and O–H groups in total. The highest BCUT2D eigenvalue weighted by Crippen LogP contribution is 2.47. The molecule has 1 aliphatic rings. The van der Waals surface area contributed by atoms with Gasteiger partial charge in [0.05, 0.1) is 11.4 Å². The van der Waals surface area contributed by atoms with Crippen LogP contribution in [0.2, 0.25) is 0 Å². The molecule has 0 unspecified atom stereocenters. The Morgan fingerprint density at radius 3 is 2.88 bits per heavy atom. The van der Waals surface area contributed by atoms with E-state index in [-0.39, 0.29) is 5.91 Å². The maximum Gasteiger partial charge on any atom is 0.248 e. The fraction of sp³-hybridized carbons (Fsp3) is 0.200.